The highest BCUT2D eigenvalue weighted by atomic mass is 32.2. The zero-order chi connectivity index (χ0) is 17.5. The smallest absolute Gasteiger partial charge is 0.234 e. The maximum atomic E-state index is 13.1. The van der Waals surface area contributed by atoms with Crippen molar-refractivity contribution in [3.63, 3.8) is 0 Å². The van der Waals surface area contributed by atoms with E-state index in [-0.39, 0.29) is 17.5 Å². The number of amides is 1. The van der Waals surface area contributed by atoms with E-state index in [1.54, 1.807) is 23.9 Å². The summed E-state index contributed by atoms with van der Waals surface area (Å²) in [7, 11) is 0. The molecule has 2 aromatic carbocycles. The first kappa shape index (κ1) is 17.9. The normalized spacial score (nSPS) is 10.6. The Morgan fingerprint density at radius 3 is 2.56 bits per heavy atom. The molecule has 25 heavy (non-hydrogen) atoms. The van der Waals surface area contributed by atoms with Gasteiger partial charge in [0.1, 0.15) is 5.82 Å². The molecule has 1 N–H and O–H groups in total. The van der Waals surface area contributed by atoms with E-state index >= 15 is 0 Å². The lowest BCUT2D eigenvalue weighted by molar-refractivity contribution is -0.113. The summed E-state index contributed by atoms with van der Waals surface area (Å²) < 4.78 is 14.7. The van der Waals surface area contributed by atoms with Crippen LogP contribution in [0.5, 0.6) is 0 Å². The lowest BCUT2D eigenvalue weighted by Crippen LogP contribution is -2.13. The highest BCUT2D eigenvalue weighted by Gasteiger charge is 2.09. The fourth-order valence-electron chi connectivity index (χ4n) is 1.92. The van der Waals surface area contributed by atoms with Crippen LogP contribution < -0.4 is 5.32 Å². The molecule has 1 heterocycles. The predicted molar refractivity (Wildman–Crippen MR) is 102 cm³/mol. The number of nitrogens with zero attached hydrogens (tertiary/aromatic N) is 2. The number of halogens is 1. The number of hydrogen-bond acceptors (Lipinski definition) is 6. The summed E-state index contributed by atoms with van der Waals surface area (Å²) in [5.41, 5.74) is 1.67. The number of thioether (sulfide) groups is 2. The van der Waals surface area contributed by atoms with Gasteiger partial charge in [0.15, 0.2) is 8.68 Å². The summed E-state index contributed by atoms with van der Waals surface area (Å²) in [5.74, 6) is 0.452. The van der Waals surface area contributed by atoms with Crippen LogP contribution in [0.25, 0.3) is 0 Å². The van der Waals surface area contributed by atoms with E-state index in [1.165, 1.54) is 40.8 Å². The minimum Gasteiger partial charge on any atom is -0.325 e. The van der Waals surface area contributed by atoms with Crippen molar-refractivity contribution in [1.29, 1.82) is 0 Å². The third-order valence-corrected chi connectivity index (χ3v) is 6.29. The van der Waals surface area contributed by atoms with E-state index in [0.717, 1.165) is 14.4 Å². The molecule has 0 radical (unpaired) electrons. The number of rotatable bonds is 7. The molecule has 0 fully saturated rings. The van der Waals surface area contributed by atoms with Crippen molar-refractivity contribution >= 4 is 46.5 Å². The van der Waals surface area contributed by atoms with E-state index in [4.69, 9.17) is 0 Å². The van der Waals surface area contributed by atoms with Crippen LogP contribution in [0.4, 0.5) is 10.1 Å². The summed E-state index contributed by atoms with van der Waals surface area (Å²) >= 11 is 4.41. The quantitative estimate of drug-likeness (QED) is 0.592. The number of anilines is 1. The van der Waals surface area contributed by atoms with Gasteiger partial charge in [-0.1, -0.05) is 71.3 Å². The average Bonchev–Trinajstić information content (AvgIpc) is 3.07. The monoisotopic (exact) mass is 391 g/mol. The Hall–Kier alpha value is -1.90. The summed E-state index contributed by atoms with van der Waals surface area (Å²) in [6.07, 6.45) is 0. The third kappa shape index (κ3) is 5.84. The van der Waals surface area contributed by atoms with Crippen LogP contribution in [-0.2, 0) is 10.5 Å². The van der Waals surface area contributed by atoms with Crippen molar-refractivity contribution in [3.8, 4) is 0 Å². The minimum absolute atomic E-state index is 0.203. The molecule has 0 bridgehead atoms. The van der Waals surface area contributed by atoms with Crippen molar-refractivity contribution in [2.75, 3.05) is 11.1 Å². The first-order chi connectivity index (χ1) is 12.2. The van der Waals surface area contributed by atoms with Gasteiger partial charge in [-0.05, 0) is 23.8 Å². The minimum atomic E-state index is -0.380. The zero-order valence-electron chi connectivity index (χ0n) is 13.0. The fraction of sp³-hybridized carbons (Fsp3) is 0.118. The van der Waals surface area contributed by atoms with E-state index in [1.807, 2.05) is 18.2 Å². The second-order valence-electron chi connectivity index (χ2n) is 4.96. The van der Waals surface area contributed by atoms with E-state index in [2.05, 4.69) is 27.6 Å². The molecule has 0 aliphatic heterocycles. The Bertz CT molecular complexity index is 842. The van der Waals surface area contributed by atoms with Gasteiger partial charge in [0.05, 0.1) is 5.75 Å². The van der Waals surface area contributed by atoms with Gasteiger partial charge in [0, 0.05) is 11.4 Å². The molecule has 0 aliphatic carbocycles. The molecule has 0 saturated carbocycles. The second-order valence-corrected chi connectivity index (χ2v) is 8.38. The molecule has 3 aromatic rings. The molecule has 3 rings (SSSR count). The predicted octanol–water partition coefficient (Wildman–Crippen LogP) is 4.70. The molecule has 1 aromatic heterocycles. The molecule has 128 valence electrons. The van der Waals surface area contributed by atoms with Crippen LogP contribution in [0, 0.1) is 5.82 Å². The van der Waals surface area contributed by atoms with Crippen molar-refractivity contribution in [3.05, 3.63) is 66.0 Å². The van der Waals surface area contributed by atoms with Gasteiger partial charge < -0.3 is 5.32 Å². The number of benzene rings is 2. The van der Waals surface area contributed by atoms with Crippen LogP contribution >= 0.6 is 34.9 Å². The first-order valence-electron chi connectivity index (χ1n) is 7.37. The van der Waals surface area contributed by atoms with Crippen LogP contribution in [0.1, 0.15) is 5.56 Å². The number of nitrogens with one attached hydrogen (secondary N) is 1. The molecular weight excluding hydrogens is 377 g/mol. The molecule has 0 unspecified atom stereocenters. The van der Waals surface area contributed by atoms with Gasteiger partial charge in [-0.15, -0.1) is 10.2 Å². The van der Waals surface area contributed by atoms with E-state index < -0.39 is 0 Å². The molecule has 0 aliphatic rings. The molecule has 1 amide bonds. The Kier molecular flexibility index (Phi) is 6.43. The Morgan fingerprint density at radius 2 is 1.80 bits per heavy atom. The number of aromatic nitrogens is 2. The standard InChI is InChI=1S/C17H14FN3OS3/c18-13-7-4-8-14(9-13)19-15(22)11-24-17-21-20-16(25-17)23-10-12-5-2-1-3-6-12/h1-9H,10-11H2,(H,19,22). The van der Waals surface area contributed by atoms with Crippen molar-refractivity contribution in [2.45, 2.75) is 14.4 Å². The van der Waals surface area contributed by atoms with E-state index in [9.17, 15) is 9.18 Å². The van der Waals surface area contributed by atoms with Crippen LogP contribution in [0.15, 0.2) is 63.3 Å². The summed E-state index contributed by atoms with van der Waals surface area (Å²) in [6.45, 7) is 0. The van der Waals surface area contributed by atoms with Crippen molar-refractivity contribution in [2.24, 2.45) is 0 Å². The lowest BCUT2D eigenvalue weighted by atomic mass is 10.2. The molecule has 4 nitrogen and oxygen atoms in total. The van der Waals surface area contributed by atoms with E-state index in [0.29, 0.717) is 5.69 Å². The molecule has 0 saturated heterocycles. The van der Waals surface area contributed by atoms with Gasteiger partial charge in [0.2, 0.25) is 5.91 Å². The number of hydrogen-bond donors (Lipinski definition) is 1. The van der Waals surface area contributed by atoms with Gasteiger partial charge in [-0.25, -0.2) is 4.39 Å². The highest BCUT2D eigenvalue weighted by Crippen LogP contribution is 2.30. The first-order valence-corrected chi connectivity index (χ1v) is 10.2. The van der Waals surface area contributed by atoms with Crippen LogP contribution in [0.2, 0.25) is 0 Å². The summed E-state index contributed by atoms with van der Waals surface area (Å²) in [4.78, 5) is 11.9. The molecule has 0 spiro atoms. The van der Waals surface area contributed by atoms with Crippen LogP contribution in [0.3, 0.4) is 0 Å². The zero-order valence-corrected chi connectivity index (χ0v) is 15.5. The number of carbonyl (C=O) groups excluding carboxylic acids is 1. The van der Waals surface area contributed by atoms with Gasteiger partial charge in [-0.2, -0.15) is 0 Å². The van der Waals surface area contributed by atoms with Gasteiger partial charge >= 0.3 is 0 Å². The molecular formula is C17H14FN3OS3. The fourth-order valence-corrected chi connectivity index (χ4v) is 4.70. The largest absolute Gasteiger partial charge is 0.325 e. The highest BCUT2D eigenvalue weighted by molar-refractivity contribution is 8.03. The Labute approximate surface area is 157 Å². The topological polar surface area (TPSA) is 54.9 Å². The lowest BCUT2D eigenvalue weighted by Gasteiger charge is -2.03. The van der Waals surface area contributed by atoms with Crippen molar-refractivity contribution in [1.82, 2.24) is 10.2 Å². The SMILES string of the molecule is O=C(CSc1nnc(SCc2ccccc2)s1)Nc1cccc(F)c1. The van der Waals surface area contributed by atoms with Crippen LogP contribution in [-0.4, -0.2) is 21.9 Å². The summed E-state index contributed by atoms with van der Waals surface area (Å²) in [6, 6.07) is 16.0. The molecule has 8 heteroatoms. The number of carbonyl (C=O) groups is 1. The third-order valence-electron chi connectivity index (χ3n) is 3.03. The van der Waals surface area contributed by atoms with Gasteiger partial charge in [0.25, 0.3) is 0 Å². The Morgan fingerprint density at radius 1 is 1.04 bits per heavy atom. The maximum absolute atomic E-state index is 13.1. The Balaban J connectivity index is 1.45. The average molecular weight is 392 g/mol. The van der Waals surface area contributed by atoms with Crippen molar-refractivity contribution < 1.29 is 9.18 Å². The maximum Gasteiger partial charge on any atom is 0.234 e. The molecule has 0 atom stereocenters. The van der Waals surface area contributed by atoms with Gasteiger partial charge in [-0.3, -0.25) is 4.79 Å². The summed E-state index contributed by atoms with van der Waals surface area (Å²) in [5, 5.41) is 10.9. The second kappa shape index (κ2) is 8.98.